The predicted molar refractivity (Wildman–Crippen MR) is 73.4 cm³/mol. The zero-order valence-corrected chi connectivity index (χ0v) is 11.4. The first-order valence-corrected chi connectivity index (χ1v) is 6.32. The molecule has 19 heavy (non-hydrogen) atoms. The number of rotatable bonds is 4. The molecule has 100 valence electrons. The molecule has 1 N–H and O–H groups in total. The molecule has 1 heterocycles. The Balaban J connectivity index is 2.27. The second kappa shape index (κ2) is 5.89. The molecule has 0 saturated carbocycles. The van der Waals surface area contributed by atoms with Crippen LogP contribution in [0, 0.1) is 19.7 Å². The Morgan fingerprint density at radius 1 is 1.21 bits per heavy atom. The SMILES string of the molecule is CNC(Cc1cccc(F)c1)c1cc(C)nnc1C. The van der Waals surface area contributed by atoms with E-state index in [1.807, 2.05) is 33.0 Å². The second-order valence-electron chi connectivity index (χ2n) is 4.70. The summed E-state index contributed by atoms with van der Waals surface area (Å²) in [7, 11) is 1.90. The van der Waals surface area contributed by atoms with Crippen molar-refractivity contribution in [3.63, 3.8) is 0 Å². The fourth-order valence-corrected chi connectivity index (χ4v) is 2.19. The van der Waals surface area contributed by atoms with Crippen LogP contribution in [0.2, 0.25) is 0 Å². The molecule has 0 aliphatic rings. The van der Waals surface area contributed by atoms with Gasteiger partial charge < -0.3 is 5.32 Å². The highest BCUT2D eigenvalue weighted by atomic mass is 19.1. The number of halogens is 1. The average molecular weight is 259 g/mol. The fraction of sp³-hybridized carbons (Fsp3) is 0.333. The Labute approximate surface area is 112 Å². The van der Waals surface area contributed by atoms with Crippen molar-refractivity contribution >= 4 is 0 Å². The van der Waals surface area contributed by atoms with Crippen LogP contribution in [0.1, 0.15) is 28.6 Å². The van der Waals surface area contributed by atoms with Gasteiger partial charge in [0.05, 0.1) is 11.4 Å². The summed E-state index contributed by atoms with van der Waals surface area (Å²) >= 11 is 0. The number of benzene rings is 1. The van der Waals surface area contributed by atoms with Crippen molar-refractivity contribution in [3.8, 4) is 0 Å². The topological polar surface area (TPSA) is 37.8 Å². The Morgan fingerprint density at radius 3 is 2.68 bits per heavy atom. The lowest BCUT2D eigenvalue weighted by atomic mass is 9.98. The highest BCUT2D eigenvalue weighted by molar-refractivity contribution is 5.27. The van der Waals surface area contributed by atoms with Gasteiger partial charge in [-0.15, -0.1) is 0 Å². The van der Waals surface area contributed by atoms with Crippen LogP contribution >= 0.6 is 0 Å². The smallest absolute Gasteiger partial charge is 0.123 e. The van der Waals surface area contributed by atoms with Gasteiger partial charge in [-0.3, -0.25) is 0 Å². The zero-order valence-electron chi connectivity index (χ0n) is 11.4. The monoisotopic (exact) mass is 259 g/mol. The average Bonchev–Trinajstić information content (AvgIpc) is 2.39. The molecule has 4 heteroatoms. The number of hydrogen-bond donors (Lipinski definition) is 1. The zero-order chi connectivity index (χ0) is 13.8. The van der Waals surface area contributed by atoms with Crippen molar-refractivity contribution in [2.75, 3.05) is 7.05 Å². The maximum atomic E-state index is 13.2. The quantitative estimate of drug-likeness (QED) is 0.917. The van der Waals surface area contributed by atoms with Crippen molar-refractivity contribution < 1.29 is 4.39 Å². The van der Waals surface area contributed by atoms with Gasteiger partial charge >= 0.3 is 0 Å². The van der Waals surface area contributed by atoms with Crippen molar-refractivity contribution in [2.24, 2.45) is 0 Å². The Morgan fingerprint density at radius 2 is 2.00 bits per heavy atom. The molecule has 0 amide bonds. The molecule has 1 atom stereocenters. The van der Waals surface area contributed by atoms with E-state index in [1.165, 1.54) is 6.07 Å². The van der Waals surface area contributed by atoms with E-state index >= 15 is 0 Å². The van der Waals surface area contributed by atoms with E-state index in [4.69, 9.17) is 0 Å². The molecule has 2 aromatic rings. The van der Waals surface area contributed by atoms with Crippen LogP contribution in [0.3, 0.4) is 0 Å². The van der Waals surface area contributed by atoms with Gasteiger partial charge in [-0.05, 0) is 56.6 Å². The second-order valence-corrected chi connectivity index (χ2v) is 4.70. The van der Waals surface area contributed by atoms with Gasteiger partial charge in [0.1, 0.15) is 5.82 Å². The number of likely N-dealkylation sites (N-methyl/N-ethyl adjacent to an activating group) is 1. The normalized spacial score (nSPS) is 12.4. The molecule has 1 aromatic carbocycles. The van der Waals surface area contributed by atoms with E-state index in [-0.39, 0.29) is 11.9 Å². The van der Waals surface area contributed by atoms with Gasteiger partial charge in [0.15, 0.2) is 0 Å². The van der Waals surface area contributed by atoms with Crippen LogP contribution in [0.4, 0.5) is 4.39 Å². The molecule has 0 fully saturated rings. The molecule has 0 aliphatic carbocycles. The highest BCUT2D eigenvalue weighted by Gasteiger charge is 2.14. The predicted octanol–water partition coefficient (Wildman–Crippen LogP) is 2.74. The molecule has 0 aliphatic heterocycles. The first-order chi connectivity index (χ1) is 9.10. The Bertz CT molecular complexity index is 569. The van der Waals surface area contributed by atoms with Crippen LogP contribution in [0.15, 0.2) is 30.3 Å². The summed E-state index contributed by atoms with van der Waals surface area (Å²) in [5, 5.41) is 11.4. The fourth-order valence-electron chi connectivity index (χ4n) is 2.19. The third kappa shape index (κ3) is 3.35. The largest absolute Gasteiger partial charge is 0.313 e. The van der Waals surface area contributed by atoms with Gasteiger partial charge in [-0.25, -0.2) is 4.39 Å². The maximum Gasteiger partial charge on any atom is 0.123 e. The first kappa shape index (κ1) is 13.6. The molecule has 2 rings (SSSR count). The molecule has 0 radical (unpaired) electrons. The third-order valence-electron chi connectivity index (χ3n) is 3.19. The molecule has 0 spiro atoms. The van der Waals surface area contributed by atoms with Crippen molar-refractivity contribution in [2.45, 2.75) is 26.3 Å². The van der Waals surface area contributed by atoms with E-state index in [0.717, 1.165) is 28.9 Å². The van der Waals surface area contributed by atoms with Crippen LogP contribution in [0.5, 0.6) is 0 Å². The van der Waals surface area contributed by atoms with E-state index < -0.39 is 0 Å². The lowest BCUT2D eigenvalue weighted by molar-refractivity contribution is 0.576. The number of aromatic nitrogens is 2. The molecule has 0 saturated heterocycles. The maximum absolute atomic E-state index is 13.2. The van der Waals surface area contributed by atoms with Gasteiger partial charge in [0.25, 0.3) is 0 Å². The van der Waals surface area contributed by atoms with Gasteiger partial charge in [-0.1, -0.05) is 12.1 Å². The summed E-state index contributed by atoms with van der Waals surface area (Å²) in [5.41, 5.74) is 3.87. The van der Waals surface area contributed by atoms with Crippen LogP contribution in [0.25, 0.3) is 0 Å². The Kier molecular flexibility index (Phi) is 4.22. The number of nitrogens with zero attached hydrogens (tertiary/aromatic N) is 2. The van der Waals surface area contributed by atoms with E-state index in [1.54, 1.807) is 12.1 Å². The van der Waals surface area contributed by atoms with Crippen molar-refractivity contribution in [1.29, 1.82) is 0 Å². The third-order valence-corrected chi connectivity index (χ3v) is 3.19. The van der Waals surface area contributed by atoms with E-state index in [2.05, 4.69) is 15.5 Å². The van der Waals surface area contributed by atoms with Crippen molar-refractivity contribution in [3.05, 3.63) is 58.7 Å². The summed E-state index contributed by atoms with van der Waals surface area (Å²) in [4.78, 5) is 0. The van der Waals surface area contributed by atoms with Crippen molar-refractivity contribution in [1.82, 2.24) is 15.5 Å². The first-order valence-electron chi connectivity index (χ1n) is 6.32. The number of nitrogens with one attached hydrogen (secondary N) is 1. The summed E-state index contributed by atoms with van der Waals surface area (Å²) < 4.78 is 13.2. The lowest BCUT2D eigenvalue weighted by Crippen LogP contribution is -2.21. The molecular weight excluding hydrogens is 241 g/mol. The van der Waals surface area contributed by atoms with Gasteiger partial charge in [-0.2, -0.15) is 10.2 Å². The molecule has 1 aromatic heterocycles. The van der Waals surface area contributed by atoms with Crippen LogP contribution in [-0.4, -0.2) is 17.2 Å². The van der Waals surface area contributed by atoms with Crippen LogP contribution < -0.4 is 5.32 Å². The summed E-state index contributed by atoms with van der Waals surface area (Å²) in [6.45, 7) is 3.86. The molecule has 0 bridgehead atoms. The van der Waals surface area contributed by atoms with Gasteiger partial charge in [0, 0.05) is 6.04 Å². The minimum absolute atomic E-state index is 0.107. The van der Waals surface area contributed by atoms with E-state index in [0.29, 0.717) is 0 Å². The van der Waals surface area contributed by atoms with Crippen LogP contribution in [-0.2, 0) is 6.42 Å². The van der Waals surface area contributed by atoms with E-state index in [9.17, 15) is 4.39 Å². The minimum atomic E-state index is -0.201. The number of hydrogen-bond acceptors (Lipinski definition) is 3. The standard InChI is InChI=1S/C15H18FN3/c1-10-7-14(11(2)19-18-10)15(17-3)9-12-5-4-6-13(16)8-12/h4-8,15,17H,9H2,1-3H3. The highest BCUT2D eigenvalue weighted by Crippen LogP contribution is 2.21. The minimum Gasteiger partial charge on any atom is -0.313 e. The van der Waals surface area contributed by atoms with Gasteiger partial charge in [0.2, 0.25) is 0 Å². The lowest BCUT2D eigenvalue weighted by Gasteiger charge is -2.18. The summed E-state index contributed by atoms with van der Waals surface area (Å²) in [6.07, 6.45) is 0.722. The molecule has 3 nitrogen and oxygen atoms in total. The molecule has 1 unspecified atom stereocenters. The summed E-state index contributed by atoms with van der Waals surface area (Å²) in [6, 6.07) is 8.84. The molecular formula is C15H18FN3. The Hall–Kier alpha value is -1.81. The number of aryl methyl sites for hydroxylation is 2. The summed E-state index contributed by atoms with van der Waals surface area (Å²) in [5.74, 6) is -0.201.